The van der Waals surface area contributed by atoms with E-state index in [2.05, 4.69) is 30.1 Å². The Hall–Kier alpha value is -1.35. The van der Waals surface area contributed by atoms with Crippen molar-refractivity contribution in [3.8, 4) is 0 Å². The molecule has 2 saturated heterocycles. The summed E-state index contributed by atoms with van der Waals surface area (Å²) in [6, 6.07) is 6.58. The number of carbonyl (C=O) groups excluding carboxylic acids is 1. The van der Waals surface area contributed by atoms with Gasteiger partial charge in [0.05, 0.1) is 5.92 Å². The van der Waals surface area contributed by atoms with E-state index in [9.17, 15) is 4.79 Å². The lowest BCUT2D eigenvalue weighted by atomic mass is 9.97. The second-order valence-electron chi connectivity index (χ2n) is 5.88. The monoisotopic (exact) mass is 258 g/mol. The molecule has 19 heavy (non-hydrogen) atoms. The lowest BCUT2D eigenvalue weighted by Gasteiger charge is -2.20. The van der Waals surface area contributed by atoms with Gasteiger partial charge in [-0.3, -0.25) is 9.69 Å². The molecule has 2 fully saturated rings. The highest BCUT2D eigenvalue weighted by atomic mass is 16.2. The number of nitrogens with one attached hydrogen (secondary N) is 1. The number of aryl methyl sites for hydroxylation is 1. The zero-order chi connectivity index (χ0) is 13.4. The third kappa shape index (κ3) is 2.27. The maximum Gasteiger partial charge on any atom is 0.229 e. The van der Waals surface area contributed by atoms with Crippen molar-refractivity contribution in [1.82, 2.24) is 4.90 Å². The van der Waals surface area contributed by atoms with E-state index in [-0.39, 0.29) is 11.8 Å². The predicted octanol–water partition coefficient (Wildman–Crippen LogP) is 2.73. The molecule has 1 N–H and O–H groups in total. The SMILES string of the molecule is Cc1cccc(NC(=O)[C@@H]2CCN3CCC[C@@H]23)c1C. The zero-order valence-corrected chi connectivity index (χ0v) is 11.8. The van der Waals surface area contributed by atoms with Gasteiger partial charge >= 0.3 is 0 Å². The van der Waals surface area contributed by atoms with Crippen molar-refractivity contribution in [3.05, 3.63) is 29.3 Å². The summed E-state index contributed by atoms with van der Waals surface area (Å²) in [5, 5.41) is 3.14. The van der Waals surface area contributed by atoms with Crippen molar-refractivity contribution in [2.75, 3.05) is 18.4 Å². The Bertz CT molecular complexity index is 498. The summed E-state index contributed by atoms with van der Waals surface area (Å²) in [5.74, 6) is 0.394. The summed E-state index contributed by atoms with van der Waals surface area (Å²) in [7, 11) is 0. The second-order valence-corrected chi connectivity index (χ2v) is 5.88. The fourth-order valence-electron chi connectivity index (χ4n) is 3.50. The van der Waals surface area contributed by atoms with E-state index in [1.807, 2.05) is 12.1 Å². The Morgan fingerprint density at radius 1 is 1.26 bits per heavy atom. The average Bonchev–Trinajstić information content (AvgIpc) is 2.96. The highest BCUT2D eigenvalue weighted by Crippen LogP contribution is 2.33. The lowest BCUT2D eigenvalue weighted by Crippen LogP contribution is -2.33. The van der Waals surface area contributed by atoms with Crippen LogP contribution in [0.15, 0.2) is 18.2 Å². The van der Waals surface area contributed by atoms with Crippen LogP contribution in [0, 0.1) is 19.8 Å². The molecule has 3 heteroatoms. The number of hydrogen-bond donors (Lipinski definition) is 1. The molecule has 1 aromatic rings. The molecule has 0 aromatic heterocycles. The topological polar surface area (TPSA) is 32.3 Å². The van der Waals surface area contributed by atoms with E-state index < -0.39 is 0 Å². The fraction of sp³-hybridized carbons (Fsp3) is 0.562. The van der Waals surface area contributed by atoms with Crippen molar-refractivity contribution in [2.24, 2.45) is 5.92 Å². The molecule has 2 aliphatic heterocycles. The molecule has 2 heterocycles. The van der Waals surface area contributed by atoms with E-state index >= 15 is 0 Å². The fourth-order valence-corrected chi connectivity index (χ4v) is 3.50. The molecule has 3 nitrogen and oxygen atoms in total. The zero-order valence-electron chi connectivity index (χ0n) is 11.8. The van der Waals surface area contributed by atoms with Crippen molar-refractivity contribution in [2.45, 2.75) is 39.2 Å². The first-order chi connectivity index (χ1) is 9.16. The van der Waals surface area contributed by atoms with Crippen molar-refractivity contribution < 1.29 is 4.79 Å². The first kappa shape index (κ1) is 12.7. The molecule has 1 aromatic carbocycles. The molecule has 2 aliphatic rings. The first-order valence-corrected chi connectivity index (χ1v) is 7.28. The largest absolute Gasteiger partial charge is 0.326 e. The van der Waals surface area contributed by atoms with Gasteiger partial charge in [-0.1, -0.05) is 12.1 Å². The number of fused-ring (bicyclic) bond motifs is 1. The van der Waals surface area contributed by atoms with Crippen molar-refractivity contribution >= 4 is 11.6 Å². The van der Waals surface area contributed by atoms with Gasteiger partial charge in [-0.2, -0.15) is 0 Å². The predicted molar refractivity (Wildman–Crippen MR) is 77.2 cm³/mol. The molecule has 3 rings (SSSR count). The van der Waals surface area contributed by atoms with E-state index in [1.54, 1.807) is 0 Å². The van der Waals surface area contributed by atoms with Crippen molar-refractivity contribution in [1.29, 1.82) is 0 Å². The van der Waals surface area contributed by atoms with E-state index in [0.29, 0.717) is 6.04 Å². The minimum atomic E-state index is 0.183. The molecule has 0 bridgehead atoms. The molecule has 0 radical (unpaired) electrons. The number of rotatable bonds is 2. The van der Waals surface area contributed by atoms with Crippen molar-refractivity contribution in [3.63, 3.8) is 0 Å². The first-order valence-electron chi connectivity index (χ1n) is 7.28. The Labute approximate surface area is 115 Å². The molecular weight excluding hydrogens is 236 g/mol. The van der Waals surface area contributed by atoms with E-state index in [0.717, 1.165) is 18.7 Å². The van der Waals surface area contributed by atoms with Gasteiger partial charge in [-0.05, 0) is 63.4 Å². The summed E-state index contributed by atoms with van der Waals surface area (Å²) >= 11 is 0. The van der Waals surface area contributed by atoms with Crippen LogP contribution >= 0.6 is 0 Å². The summed E-state index contributed by atoms with van der Waals surface area (Å²) in [6.07, 6.45) is 3.45. The number of anilines is 1. The van der Waals surface area contributed by atoms with Crippen LogP contribution in [0.2, 0.25) is 0 Å². The third-order valence-corrected chi connectivity index (χ3v) is 4.81. The minimum Gasteiger partial charge on any atom is -0.326 e. The molecular formula is C16H22N2O. The van der Waals surface area contributed by atoms with Gasteiger partial charge in [0.25, 0.3) is 0 Å². The standard InChI is InChI=1S/C16H22N2O/c1-11-5-3-6-14(12(11)2)17-16(19)13-8-10-18-9-4-7-15(13)18/h3,5-6,13,15H,4,7-10H2,1-2H3,(H,17,19)/t13-,15+/m1/s1. The second kappa shape index (κ2) is 4.97. The maximum absolute atomic E-state index is 12.5. The number of nitrogens with zero attached hydrogens (tertiary/aromatic N) is 1. The number of carbonyl (C=O) groups is 1. The Balaban J connectivity index is 1.73. The van der Waals surface area contributed by atoms with Gasteiger partial charge in [0, 0.05) is 11.7 Å². The molecule has 1 amide bonds. The van der Waals surface area contributed by atoms with Crippen LogP contribution in [0.25, 0.3) is 0 Å². The van der Waals surface area contributed by atoms with Crippen LogP contribution in [0.1, 0.15) is 30.4 Å². The van der Waals surface area contributed by atoms with Crippen LogP contribution in [-0.4, -0.2) is 29.9 Å². The molecule has 102 valence electrons. The van der Waals surface area contributed by atoms with Gasteiger partial charge in [-0.15, -0.1) is 0 Å². The summed E-state index contributed by atoms with van der Waals surface area (Å²) in [6.45, 7) is 6.42. The molecule has 2 atom stereocenters. The molecule has 0 saturated carbocycles. The highest BCUT2D eigenvalue weighted by molar-refractivity contribution is 5.94. The van der Waals surface area contributed by atoms with E-state index in [1.165, 1.54) is 30.5 Å². The summed E-state index contributed by atoms with van der Waals surface area (Å²) in [4.78, 5) is 15.0. The molecule has 0 unspecified atom stereocenters. The van der Waals surface area contributed by atoms with Crippen LogP contribution in [0.5, 0.6) is 0 Å². The molecule has 0 aliphatic carbocycles. The van der Waals surface area contributed by atoms with Crippen LogP contribution in [0.3, 0.4) is 0 Å². The van der Waals surface area contributed by atoms with Crippen LogP contribution < -0.4 is 5.32 Å². The number of benzene rings is 1. The highest BCUT2D eigenvalue weighted by Gasteiger charge is 2.40. The Morgan fingerprint density at radius 2 is 2.11 bits per heavy atom. The van der Waals surface area contributed by atoms with Crippen LogP contribution in [0.4, 0.5) is 5.69 Å². The number of amides is 1. The average molecular weight is 258 g/mol. The number of hydrogen-bond acceptors (Lipinski definition) is 2. The summed E-state index contributed by atoms with van der Waals surface area (Å²) in [5.41, 5.74) is 3.38. The minimum absolute atomic E-state index is 0.183. The Kier molecular flexibility index (Phi) is 3.31. The summed E-state index contributed by atoms with van der Waals surface area (Å²) < 4.78 is 0. The van der Waals surface area contributed by atoms with Gasteiger partial charge in [0.2, 0.25) is 5.91 Å². The van der Waals surface area contributed by atoms with Crippen LogP contribution in [-0.2, 0) is 4.79 Å². The van der Waals surface area contributed by atoms with Gasteiger partial charge in [0.1, 0.15) is 0 Å². The maximum atomic E-state index is 12.5. The van der Waals surface area contributed by atoms with Gasteiger partial charge < -0.3 is 5.32 Å². The smallest absolute Gasteiger partial charge is 0.229 e. The normalized spacial score (nSPS) is 26.4. The molecule has 0 spiro atoms. The quantitative estimate of drug-likeness (QED) is 0.884. The Morgan fingerprint density at radius 3 is 2.95 bits per heavy atom. The lowest BCUT2D eigenvalue weighted by molar-refractivity contribution is -0.120. The third-order valence-electron chi connectivity index (χ3n) is 4.81. The van der Waals surface area contributed by atoms with Gasteiger partial charge in [-0.25, -0.2) is 0 Å². The van der Waals surface area contributed by atoms with Gasteiger partial charge in [0.15, 0.2) is 0 Å². The van der Waals surface area contributed by atoms with E-state index in [4.69, 9.17) is 0 Å².